The van der Waals surface area contributed by atoms with E-state index in [1.165, 1.54) is 5.56 Å². The number of nitrogens with zero attached hydrogens (tertiary/aromatic N) is 4. The fraction of sp³-hybridized carbons (Fsp3) is 0.541. The van der Waals surface area contributed by atoms with E-state index in [0.29, 0.717) is 30.6 Å². The summed E-state index contributed by atoms with van der Waals surface area (Å²) in [6, 6.07) is 13.4. The lowest BCUT2D eigenvalue weighted by Crippen LogP contribution is -2.46. The Balaban J connectivity index is 1.17. The van der Waals surface area contributed by atoms with Gasteiger partial charge in [-0.1, -0.05) is 57.2 Å². The molecule has 0 aliphatic carbocycles. The fourth-order valence-electron chi connectivity index (χ4n) is 6.28. The molecule has 4 heterocycles. The number of aryl methyl sites for hydroxylation is 2. The van der Waals surface area contributed by atoms with Gasteiger partial charge in [0.15, 0.2) is 5.78 Å². The third-order valence-corrected chi connectivity index (χ3v) is 8.79. The van der Waals surface area contributed by atoms with Crippen molar-refractivity contribution in [2.45, 2.75) is 85.3 Å². The molecule has 1 fully saturated rings. The van der Waals surface area contributed by atoms with E-state index in [1.807, 2.05) is 65.0 Å². The highest BCUT2D eigenvalue weighted by Gasteiger charge is 2.28. The molecule has 0 saturated carbocycles. The van der Waals surface area contributed by atoms with E-state index in [9.17, 15) is 9.59 Å². The maximum absolute atomic E-state index is 13.4. The van der Waals surface area contributed by atoms with Crippen molar-refractivity contribution >= 4 is 29.3 Å². The molecule has 11 nitrogen and oxygen atoms in total. The van der Waals surface area contributed by atoms with Crippen LogP contribution in [0.2, 0.25) is 0 Å². The number of piperidine rings is 1. The van der Waals surface area contributed by atoms with Gasteiger partial charge < -0.3 is 30.3 Å². The molecule has 1 aromatic carbocycles. The summed E-state index contributed by atoms with van der Waals surface area (Å²) in [6.07, 6.45) is 3.87. The number of carbonyl (C=O) groups excluding carboxylic acids is 2. The average Bonchev–Trinajstić information content (AvgIpc) is 3.07. The van der Waals surface area contributed by atoms with Crippen LogP contribution in [0.1, 0.15) is 80.6 Å². The van der Waals surface area contributed by atoms with Gasteiger partial charge in [-0.25, -0.2) is 19.7 Å². The van der Waals surface area contributed by atoms with Crippen molar-refractivity contribution in [3.8, 4) is 0 Å². The van der Waals surface area contributed by atoms with Crippen LogP contribution in [0.5, 0.6) is 0 Å². The second kappa shape index (κ2) is 16.2. The van der Waals surface area contributed by atoms with Gasteiger partial charge in [0.1, 0.15) is 35.9 Å². The summed E-state index contributed by atoms with van der Waals surface area (Å²) in [4.78, 5) is 42.9. The molecule has 1 saturated heterocycles. The molecule has 48 heavy (non-hydrogen) atoms. The first-order valence-electron chi connectivity index (χ1n) is 17.2. The largest absolute Gasteiger partial charge is 0.447 e. The summed E-state index contributed by atoms with van der Waals surface area (Å²) in [5, 5.41) is 9.59. The summed E-state index contributed by atoms with van der Waals surface area (Å²) in [5.74, 6) is 3.57. The number of ketones is 1. The van der Waals surface area contributed by atoms with Crippen LogP contribution < -0.4 is 20.9 Å². The summed E-state index contributed by atoms with van der Waals surface area (Å²) >= 11 is 0. The van der Waals surface area contributed by atoms with Crippen molar-refractivity contribution in [3.63, 3.8) is 0 Å². The van der Waals surface area contributed by atoms with Gasteiger partial charge in [-0.05, 0) is 62.1 Å². The van der Waals surface area contributed by atoms with Crippen molar-refractivity contribution in [1.82, 2.24) is 20.3 Å². The standard InChI is InChI=1S/C37H51N7O4/c1-25-33(39-23-31(32(45)22-37(3,4)5)43-36(46)48-21-20-47-24-27-10-7-6-8-11-27)40-26(2)41-35(25)44-18-15-28(16-19-44)30-14-13-29-12-9-17-38-34(29)42-30/h6-8,10-11,13-14,28,31H,9,12,15-24H2,1-5H3,(H,38,42)(H,43,46)(H,39,40,41)/t31-/m0/s1. The Morgan fingerprint density at radius 2 is 1.79 bits per heavy atom. The van der Waals surface area contributed by atoms with E-state index < -0.39 is 12.1 Å². The number of amides is 1. The quantitative estimate of drug-likeness (QED) is 0.189. The number of rotatable bonds is 13. The first-order chi connectivity index (χ1) is 23.1. The Labute approximate surface area is 284 Å². The normalized spacial score (nSPS) is 15.6. The van der Waals surface area contributed by atoms with Crippen LogP contribution in [0.3, 0.4) is 0 Å². The second-order valence-electron chi connectivity index (χ2n) is 14.1. The maximum atomic E-state index is 13.4. The van der Waals surface area contributed by atoms with E-state index in [1.54, 1.807) is 0 Å². The zero-order valence-corrected chi connectivity index (χ0v) is 29.1. The van der Waals surface area contributed by atoms with Crippen molar-refractivity contribution in [2.24, 2.45) is 5.41 Å². The van der Waals surface area contributed by atoms with E-state index in [4.69, 9.17) is 19.4 Å². The number of carbonyl (C=O) groups is 2. The molecule has 258 valence electrons. The molecule has 0 bridgehead atoms. The summed E-state index contributed by atoms with van der Waals surface area (Å²) < 4.78 is 11.0. The Bertz CT molecular complexity index is 1530. The number of nitrogens with one attached hydrogen (secondary N) is 3. The third-order valence-electron chi connectivity index (χ3n) is 8.79. The molecule has 5 rings (SSSR count). The molecule has 11 heteroatoms. The van der Waals surface area contributed by atoms with Gasteiger partial charge in [-0.2, -0.15) is 0 Å². The number of benzene rings is 1. The fourth-order valence-corrected chi connectivity index (χ4v) is 6.28. The van der Waals surface area contributed by atoms with Crippen LogP contribution in [0.15, 0.2) is 42.5 Å². The Kier molecular flexibility index (Phi) is 11.9. The van der Waals surface area contributed by atoms with E-state index in [2.05, 4.69) is 38.0 Å². The van der Waals surface area contributed by atoms with Crippen LogP contribution in [0.4, 0.5) is 22.2 Å². The lowest BCUT2D eigenvalue weighted by molar-refractivity contribution is -0.122. The van der Waals surface area contributed by atoms with Gasteiger partial charge in [0, 0.05) is 49.8 Å². The first-order valence-corrected chi connectivity index (χ1v) is 17.2. The van der Waals surface area contributed by atoms with Gasteiger partial charge in [0.25, 0.3) is 0 Å². The molecule has 2 aromatic heterocycles. The first kappa shape index (κ1) is 35.1. The summed E-state index contributed by atoms with van der Waals surface area (Å²) in [5.41, 5.74) is 4.20. The van der Waals surface area contributed by atoms with Crippen LogP contribution in [0, 0.1) is 19.3 Å². The van der Waals surface area contributed by atoms with Crippen LogP contribution in [-0.2, 0) is 27.3 Å². The summed E-state index contributed by atoms with van der Waals surface area (Å²) in [7, 11) is 0. The van der Waals surface area contributed by atoms with Gasteiger partial charge in [-0.3, -0.25) is 4.79 Å². The Morgan fingerprint density at radius 1 is 1.02 bits per heavy atom. The molecule has 3 N–H and O–H groups in total. The Hall–Kier alpha value is -4.25. The lowest BCUT2D eigenvalue weighted by Gasteiger charge is -2.34. The predicted octanol–water partition coefficient (Wildman–Crippen LogP) is 5.96. The number of aromatic nitrogens is 3. The van der Waals surface area contributed by atoms with Crippen LogP contribution >= 0.6 is 0 Å². The SMILES string of the molecule is Cc1nc(NC[C@H](NC(=O)OCCOCc2ccccc2)C(=O)CC(C)(C)C)c(C)c(N2CCC(c3ccc4c(n3)NCCC4)CC2)n1. The molecule has 0 unspecified atom stereocenters. The van der Waals surface area contributed by atoms with Gasteiger partial charge in [-0.15, -0.1) is 0 Å². The van der Waals surface area contributed by atoms with E-state index >= 15 is 0 Å². The number of alkyl carbamates (subject to hydrolysis) is 1. The topological polar surface area (TPSA) is 131 Å². The van der Waals surface area contributed by atoms with E-state index in [0.717, 1.165) is 73.8 Å². The molecule has 0 spiro atoms. The zero-order chi connectivity index (χ0) is 34.1. The van der Waals surface area contributed by atoms with Crippen molar-refractivity contribution in [3.05, 3.63) is 70.7 Å². The van der Waals surface area contributed by atoms with Crippen LogP contribution in [0.25, 0.3) is 0 Å². The van der Waals surface area contributed by atoms with Crippen molar-refractivity contribution in [2.75, 3.05) is 54.9 Å². The zero-order valence-electron chi connectivity index (χ0n) is 29.1. The minimum absolute atomic E-state index is 0.0793. The molecular weight excluding hydrogens is 606 g/mol. The number of pyridine rings is 1. The smallest absolute Gasteiger partial charge is 0.407 e. The number of ether oxygens (including phenoxy) is 2. The number of fused-ring (bicyclic) bond motifs is 1. The van der Waals surface area contributed by atoms with Crippen LogP contribution in [-0.4, -0.2) is 72.3 Å². The minimum atomic E-state index is -0.797. The highest BCUT2D eigenvalue weighted by atomic mass is 16.6. The maximum Gasteiger partial charge on any atom is 0.407 e. The number of hydrogen-bond donors (Lipinski definition) is 3. The molecule has 2 aliphatic heterocycles. The minimum Gasteiger partial charge on any atom is -0.447 e. The lowest BCUT2D eigenvalue weighted by atomic mass is 9.88. The molecule has 0 radical (unpaired) electrons. The van der Waals surface area contributed by atoms with E-state index in [-0.39, 0.29) is 31.0 Å². The average molecular weight is 658 g/mol. The third kappa shape index (κ3) is 9.88. The highest BCUT2D eigenvalue weighted by molar-refractivity contribution is 5.88. The number of hydrogen-bond acceptors (Lipinski definition) is 10. The van der Waals surface area contributed by atoms with Crippen molar-refractivity contribution < 1.29 is 19.1 Å². The summed E-state index contributed by atoms with van der Waals surface area (Å²) in [6.45, 7) is 13.5. The molecule has 1 amide bonds. The number of anilines is 3. The monoisotopic (exact) mass is 657 g/mol. The molecular formula is C37H51N7O4. The Morgan fingerprint density at radius 3 is 2.54 bits per heavy atom. The molecule has 2 aliphatic rings. The van der Waals surface area contributed by atoms with Gasteiger partial charge in [0.05, 0.1) is 13.2 Å². The number of Topliss-reactive ketones (excluding diaryl/α,β-unsaturated/α-hetero) is 1. The van der Waals surface area contributed by atoms with Gasteiger partial charge >= 0.3 is 6.09 Å². The van der Waals surface area contributed by atoms with Gasteiger partial charge in [0.2, 0.25) is 0 Å². The van der Waals surface area contributed by atoms with Crippen molar-refractivity contribution in [1.29, 1.82) is 0 Å². The second-order valence-corrected chi connectivity index (χ2v) is 14.1. The predicted molar refractivity (Wildman–Crippen MR) is 189 cm³/mol. The molecule has 1 atom stereocenters. The molecule has 3 aromatic rings. The highest BCUT2D eigenvalue weighted by Crippen LogP contribution is 2.33.